The Bertz CT molecular complexity index is 1100. The fourth-order valence-electron chi connectivity index (χ4n) is 5.11. The highest BCUT2D eigenvalue weighted by atomic mass is 35.5. The van der Waals surface area contributed by atoms with Crippen molar-refractivity contribution in [2.24, 2.45) is 13.0 Å². The van der Waals surface area contributed by atoms with Crippen molar-refractivity contribution in [2.75, 3.05) is 36.8 Å². The third kappa shape index (κ3) is 6.25. The summed E-state index contributed by atoms with van der Waals surface area (Å²) in [4.78, 5) is 13.7. The molecule has 0 N–H and O–H groups in total. The van der Waals surface area contributed by atoms with Gasteiger partial charge in [0.1, 0.15) is 11.4 Å². The van der Waals surface area contributed by atoms with E-state index in [2.05, 4.69) is 68.1 Å². The van der Waals surface area contributed by atoms with Gasteiger partial charge in [-0.2, -0.15) is 0 Å². The molecule has 2 aliphatic rings. The van der Waals surface area contributed by atoms with Crippen LogP contribution in [0, 0.1) is 5.92 Å². The molecule has 0 saturated carbocycles. The first-order valence-corrected chi connectivity index (χ1v) is 13.1. The maximum atomic E-state index is 6.12. The van der Waals surface area contributed by atoms with Crippen LogP contribution in [0.25, 0.3) is 11.5 Å². The molecule has 1 aromatic carbocycles. The molecule has 0 amide bonds. The zero-order chi connectivity index (χ0) is 23.5. The van der Waals surface area contributed by atoms with Crippen LogP contribution in [0.15, 0.2) is 48.0 Å². The number of anilines is 1. The summed E-state index contributed by atoms with van der Waals surface area (Å²) >= 11 is 1.76. The lowest BCUT2D eigenvalue weighted by molar-refractivity contribution is 0.242. The fraction of sp³-hybridized carbons (Fsp3) is 0.520. The minimum atomic E-state index is 0. The first kappa shape index (κ1) is 28.5. The number of benzene rings is 1. The number of hydrogen-bond acceptors (Lipinski definition) is 8. The Hall–Kier alpha value is -2.07. The topological polar surface area (TPSA) is 72.2 Å². The molecule has 3 aromatic rings. The molecule has 0 spiro atoms. The van der Waals surface area contributed by atoms with Gasteiger partial charge in [0.15, 0.2) is 11.0 Å². The van der Waals surface area contributed by atoms with Crippen LogP contribution in [-0.4, -0.2) is 73.7 Å². The largest absolute Gasteiger partial charge is 0.489 e. The summed E-state index contributed by atoms with van der Waals surface area (Å²) in [6.07, 6.45) is 7.64. The molecular formula is C25H35Cl2N7OS. The molecule has 2 saturated heterocycles. The van der Waals surface area contributed by atoms with E-state index in [-0.39, 0.29) is 30.9 Å². The van der Waals surface area contributed by atoms with E-state index in [4.69, 9.17) is 4.74 Å². The van der Waals surface area contributed by atoms with Crippen molar-refractivity contribution in [1.82, 2.24) is 29.6 Å². The van der Waals surface area contributed by atoms with Gasteiger partial charge in [0.05, 0.1) is 18.0 Å². The van der Waals surface area contributed by atoms with Crippen molar-refractivity contribution < 1.29 is 4.74 Å². The van der Waals surface area contributed by atoms with Crippen molar-refractivity contribution in [1.29, 1.82) is 0 Å². The Kier molecular flexibility index (Phi) is 10.2. The van der Waals surface area contributed by atoms with Crippen LogP contribution >= 0.6 is 36.6 Å². The van der Waals surface area contributed by atoms with Crippen molar-refractivity contribution in [3.8, 4) is 17.3 Å². The van der Waals surface area contributed by atoms with E-state index in [1.165, 1.54) is 18.7 Å². The number of rotatable bonds is 9. The van der Waals surface area contributed by atoms with Crippen LogP contribution in [0.2, 0.25) is 0 Å². The highest BCUT2D eigenvalue weighted by molar-refractivity contribution is 7.99. The third-order valence-corrected chi connectivity index (χ3v) is 7.74. The summed E-state index contributed by atoms with van der Waals surface area (Å²) in [7, 11) is 1.99. The number of aromatic nitrogens is 5. The molecular weight excluding hydrogens is 517 g/mol. The number of halogens is 2. The van der Waals surface area contributed by atoms with Gasteiger partial charge in [0.25, 0.3) is 0 Å². The van der Waals surface area contributed by atoms with E-state index in [1.54, 1.807) is 30.4 Å². The smallest absolute Gasteiger partial charge is 0.191 e. The van der Waals surface area contributed by atoms with E-state index in [0.717, 1.165) is 60.2 Å². The summed E-state index contributed by atoms with van der Waals surface area (Å²) in [6.45, 7) is 8.75. The van der Waals surface area contributed by atoms with Gasteiger partial charge in [-0.1, -0.05) is 23.9 Å². The first-order valence-electron chi connectivity index (χ1n) is 12.1. The van der Waals surface area contributed by atoms with Crippen LogP contribution in [0.3, 0.4) is 0 Å². The average Bonchev–Trinajstić information content (AvgIpc) is 3.52. The average molecular weight is 553 g/mol. The summed E-state index contributed by atoms with van der Waals surface area (Å²) < 4.78 is 8.12. The molecule has 2 fully saturated rings. The van der Waals surface area contributed by atoms with Crippen LogP contribution in [-0.2, 0) is 7.05 Å². The quantitative estimate of drug-likeness (QED) is 0.282. The second-order valence-corrected chi connectivity index (χ2v) is 10.4. The molecule has 0 unspecified atom stereocenters. The normalized spacial score (nSPS) is 19.2. The van der Waals surface area contributed by atoms with Gasteiger partial charge in [-0.15, -0.1) is 35.0 Å². The number of thioether (sulfide) groups is 1. The zero-order valence-corrected chi connectivity index (χ0v) is 23.4. The molecule has 196 valence electrons. The van der Waals surface area contributed by atoms with Gasteiger partial charge in [-0.05, 0) is 51.3 Å². The summed E-state index contributed by atoms with van der Waals surface area (Å²) in [6, 6.07) is 9.10. The van der Waals surface area contributed by atoms with Gasteiger partial charge < -0.3 is 19.1 Å². The maximum absolute atomic E-state index is 6.12. The zero-order valence-electron chi connectivity index (χ0n) is 21.0. The maximum Gasteiger partial charge on any atom is 0.191 e. The van der Waals surface area contributed by atoms with Crippen molar-refractivity contribution in [2.45, 2.75) is 44.0 Å². The van der Waals surface area contributed by atoms with Crippen LogP contribution in [0.5, 0.6) is 5.75 Å². The summed E-state index contributed by atoms with van der Waals surface area (Å²) in [5.41, 5.74) is 2.00. The molecule has 2 aliphatic heterocycles. The lowest BCUT2D eigenvalue weighted by Gasteiger charge is -2.29. The minimum Gasteiger partial charge on any atom is -0.489 e. The molecule has 2 aromatic heterocycles. The second-order valence-electron chi connectivity index (χ2n) is 9.36. The van der Waals surface area contributed by atoms with E-state index in [0.29, 0.717) is 6.04 Å². The predicted molar refractivity (Wildman–Crippen MR) is 150 cm³/mol. The second kappa shape index (κ2) is 12.9. The lowest BCUT2D eigenvalue weighted by Crippen LogP contribution is -2.35. The van der Waals surface area contributed by atoms with E-state index in [1.807, 2.05) is 11.6 Å². The predicted octanol–water partition coefficient (Wildman–Crippen LogP) is 4.60. The standard InChI is InChI=1S/C25H33N7OS.2ClH/c1-18(2)33-23-8-5-4-7-21(23)32-13-9-19-16-31(17-22(19)32)12-6-14-34-25-29-28-24(30(25)3)20-15-26-10-11-27-20;;/h4-5,7-8,10-11,15,18-19,22H,6,9,12-14,16-17H2,1-3H3;2*1H/t19-,22+;;/m1../s1. The summed E-state index contributed by atoms with van der Waals surface area (Å²) in [5, 5.41) is 9.59. The Morgan fingerprint density at radius 1 is 1.11 bits per heavy atom. The van der Waals surface area contributed by atoms with Gasteiger partial charge in [-0.25, -0.2) is 4.98 Å². The molecule has 8 nitrogen and oxygen atoms in total. The Morgan fingerprint density at radius 3 is 2.72 bits per heavy atom. The van der Waals surface area contributed by atoms with E-state index >= 15 is 0 Å². The van der Waals surface area contributed by atoms with E-state index in [9.17, 15) is 0 Å². The fourth-order valence-corrected chi connectivity index (χ4v) is 5.94. The molecule has 36 heavy (non-hydrogen) atoms. The molecule has 2 atom stereocenters. The Morgan fingerprint density at radius 2 is 1.94 bits per heavy atom. The Labute approximate surface area is 230 Å². The number of ether oxygens (including phenoxy) is 1. The highest BCUT2D eigenvalue weighted by Crippen LogP contribution is 2.39. The molecule has 0 radical (unpaired) electrons. The van der Waals surface area contributed by atoms with Crippen molar-refractivity contribution in [3.63, 3.8) is 0 Å². The van der Waals surface area contributed by atoms with Crippen molar-refractivity contribution >= 4 is 42.3 Å². The van der Waals surface area contributed by atoms with Crippen LogP contribution in [0.1, 0.15) is 26.7 Å². The SMILES string of the molecule is CC(C)Oc1ccccc1N1CC[C@@H]2CN(CCCSc3nnc(-c4cnccn4)n3C)C[C@@H]21.Cl.Cl. The number of hydrogen-bond donors (Lipinski definition) is 0. The van der Waals surface area contributed by atoms with Gasteiger partial charge in [-0.3, -0.25) is 4.98 Å². The molecule has 11 heteroatoms. The number of para-hydroxylation sites is 2. The van der Waals surface area contributed by atoms with Gasteiger partial charge in [0, 0.05) is 50.9 Å². The molecule has 4 heterocycles. The highest BCUT2D eigenvalue weighted by Gasteiger charge is 2.41. The number of nitrogens with zero attached hydrogens (tertiary/aromatic N) is 7. The third-order valence-electron chi connectivity index (χ3n) is 6.64. The van der Waals surface area contributed by atoms with Crippen LogP contribution < -0.4 is 9.64 Å². The summed E-state index contributed by atoms with van der Waals surface area (Å²) in [5.74, 6) is 3.53. The number of likely N-dealkylation sites (tertiary alicyclic amines) is 1. The van der Waals surface area contributed by atoms with Gasteiger partial charge in [0.2, 0.25) is 0 Å². The minimum absolute atomic E-state index is 0. The van der Waals surface area contributed by atoms with Crippen molar-refractivity contribution in [3.05, 3.63) is 42.9 Å². The lowest BCUT2D eigenvalue weighted by atomic mass is 10.0. The first-order chi connectivity index (χ1) is 16.6. The van der Waals surface area contributed by atoms with Crippen LogP contribution in [0.4, 0.5) is 5.69 Å². The molecule has 5 rings (SSSR count). The Balaban J connectivity index is 0.00000180. The van der Waals surface area contributed by atoms with E-state index < -0.39 is 0 Å². The molecule has 0 bridgehead atoms. The molecule has 0 aliphatic carbocycles. The monoisotopic (exact) mass is 551 g/mol. The van der Waals surface area contributed by atoms with Gasteiger partial charge >= 0.3 is 0 Å². The number of fused-ring (bicyclic) bond motifs is 1.